The van der Waals surface area contributed by atoms with Gasteiger partial charge in [-0.05, 0) is 19.1 Å². The van der Waals surface area contributed by atoms with Gasteiger partial charge in [-0.25, -0.2) is 0 Å². The lowest BCUT2D eigenvalue weighted by Gasteiger charge is -2.22. The van der Waals surface area contributed by atoms with Gasteiger partial charge in [-0.1, -0.05) is 26.7 Å². The number of hydrogen-bond acceptors (Lipinski definition) is 3. The molecule has 1 fully saturated rings. The minimum Gasteiger partial charge on any atom is -0.325 e. The van der Waals surface area contributed by atoms with E-state index < -0.39 is 0 Å². The van der Waals surface area contributed by atoms with Gasteiger partial charge in [0.05, 0.1) is 12.2 Å². The second-order valence-corrected chi connectivity index (χ2v) is 5.30. The molecule has 94 valence electrons. The Kier molecular flexibility index (Phi) is 6.21. The molecule has 16 heavy (non-hydrogen) atoms. The van der Waals surface area contributed by atoms with Crippen LogP contribution in [0.3, 0.4) is 0 Å². The van der Waals surface area contributed by atoms with Gasteiger partial charge >= 0.3 is 0 Å². The van der Waals surface area contributed by atoms with Crippen molar-refractivity contribution in [2.24, 2.45) is 0 Å². The monoisotopic (exact) mass is 244 g/mol. The van der Waals surface area contributed by atoms with Gasteiger partial charge in [0.15, 0.2) is 0 Å². The fourth-order valence-electron chi connectivity index (χ4n) is 2.16. The molecule has 0 aromatic rings. The first-order valence-corrected chi connectivity index (χ1v) is 7.69. The summed E-state index contributed by atoms with van der Waals surface area (Å²) in [6.07, 6.45) is 6.64. The third kappa shape index (κ3) is 3.39. The van der Waals surface area contributed by atoms with Crippen LogP contribution in [0.15, 0.2) is 0 Å². The number of nitrogens with one attached hydrogen (secondary N) is 1. The third-order valence-electron chi connectivity index (χ3n) is 3.12. The number of carbonyl (C=O) groups is 1. The molecule has 1 saturated heterocycles. The van der Waals surface area contributed by atoms with Gasteiger partial charge in [0.1, 0.15) is 0 Å². The number of thioether (sulfide) groups is 1. The number of rotatable bonds is 7. The number of carbonyl (C=O) groups excluding carboxylic acids is 1. The summed E-state index contributed by atoms with van der Waals surface area (Å²) in [7, 11) is 0. The highest BCUT2D eigenvalue weighted by Crippen LogP contribution is 2.17. The quantitative estimate of drug-likeness (QED) is 0.744. The zero-order valence-electron chi connectivity index (χ0n) is 10.7. The van der Waals surface area contributed by atoms with Crippen LogP contribution in [0.1, 0.15) is 39.5 Å². The first-order chi connectivity index (χ1) is 7.74. The van der Waals surface area contributed by atoms with Crippen molar-refractivity contribution in [2.75, 3.05) is 18.6 Å². The van der Waals surface area contributed by atoms with E-state index in [4.69, 9.17) is 0 Å². The second-order valence-electron chi connectivity index (χ2n) is 4.31. The maximum Gasteiger partial charge on any atom is 0.241 e. The van der Waals surface area contributed by atoms with E-state index in [2.05, 4.69) is 25.4 Å². The maximum absolute atomic E-state index is 12.1. The predicted octanol–water partition coefficient (Wildman–Crippen LogP) is 2.08. The van der Waals surface area contributed by atoms with Crippen LogP contribution in [0.5, 0.6) is 0 Å². The molecule has 0 spiro atoms. The average Bonchev–Trinajstić information content (AvgIpc) is 2.60. The minimum absolute atomic E-state index is 0.0757. The minimum atomic E-state index is 0.0757. The predicted molar refractivity (Wildman–Crippen MR) is 70.6 cm³/mol. The molecule has 1 amide bonds. The van der Waals surface area contributed by atoms with Crippen LogP contribution in [0.4, 0.5) is 0 Å². The summed E-state index contributed by atoms with van der Waals surface area (Å²) in [6.45, 7) is 5.19. The molecular formula is C12H24N2OS. The summed E-state index contributed by atoms with van der Waals surface area (Å²) < 4.78 is 0. The van der Waals surface area contributed by atoms with Crippen molar-refractivity contribution in [1.29, 1.82) is 0 Å². The molecule has 0 bridgehead atoms. The molecule has 2 atom stereocenters. The van der Waals surface area contributed by atoms with Crippen LogP contribution in [0, 0.1) is 0 Å². The molecular weight excluding hydrogens is 220 g/mol. The van der Waals surface area contributed by atoms with Crippen molar-refractivity contribution in [2.45, 2.75) is 51.7 Å². The number of nitrogens with zero attached hydrogens (tertiary/aromatic N) is 1. The van der Waals surface area contributed by atoms with Crippen LogP contribution in [0.2, 0.25) is 0 Å². The van der Waals surface area contributed by atoms with Crippen LogP contribution in [-0.4, -0.2) is 41.6 Å². The summed E-state index contributed by atoms with van der Waals surface area (Å²) >= 11 is 1.80. The summed E-state index contributed by atoms with van der Waals surface area (Å²) in [5.74, 6) is 1.35. The van der Waals surface area contributed by atoms with E-state index in [1.54, 1.807) is 11.8 Å². The Balaban J connectivity index is 2.51. The summed E-state index contributed by atoms with van der Waals surface area (Å²) in [5, 5.41) is 3.45. The molecule has 0 aliphatic carbocycles. The van der Waals surface area contributed by atoms with Gasteiger partial charge in [0, 0.05) is 12.3 Å². The SMILES string of the molecule is CCCCC1NC(CC)N(CCSC)C1=O. The van der Waals surface area contributed by atoms with E-state index in [-0.39, 0.29) is 12.2 Å². The first kappa shape index (κ1) is 13.8. The number of hydrogen-bond donors (Lipinski definition) is 1. The van der Waals surface area contributed by atoms with Crippen LogP contribution < -0.4 is 5.32 Å². The van der Waals surface area contributed by atoms with E-state index in [9.17, 15) is 4.79 Å². The van der Waals surface area contributed by atoms with Crippen molar-refractivity contribution in [3.63, 3.8) is 0 Å². The second kappa shape index (κ2) is 7.17. The highest BCUT2D eigenvalue weighted by atomic mass is 32.2. The lowest BCUT2D eigenvalue weighted by Crippen LogP contribution is -2.38. The molecule has 1 N–H and O–H groups in total. The molecule has 0 aromatic heterocycles. The molecule has 4 heteroatoms. The normalized spacial score (nSPS) is 25.4. The third-order valence-corrected chi connectivity index (χ3v) is 3.71. The highest BCUT2D eigenvalue weighted by molar-refractivity contribution is 7.98. The molecule has 1 rings (SSSR count). The van der Waals surface area contributed by atoms with Crippen molar-refractivity contribution < 1.29 is 4.79 Å². The molecule has 1 aliphatic heterocycles. The van der Waals surface area contributed by atoms with Crippen LogP contribution >= 0.6 is 11.8 Å². The number of amides is 1. The Morgan fingerprint density at radius 3 is 2.75 bits per heavy atom. The summed E-state index contributed by atoms with van der Waals surface area (Å²) in [5.41, 5.74) is 0. The zero-order valence-corrected chi connectivity index (χ0v) is 11.5. The molecule has 2 unspecified atom stereocenters. The lowest BCUT2D eigenvalue weighted by molar-refractivity contribution is -0.129. The van der Waals surface area contributed by atoms with Gasteiger partial charge in [0.2, 0.25) is 5.91 Å². The molecule has 1 aliphatic rings. The van der Waals surface area contributed by atoms with Gasteiger partial charge in [-0.15, -0.1) is 0 Å². The molecule has 0 saturated carbocycles. The van der Waals surface area contributed by atoms with Gasteiger partial charge in [-0.2, -0.15) is 11.8 Å². The molecule has 0 radical (unpaired) electrons. The van der Waals surface area contributed by atoms with E-state index in [1.165, 1.54) is 0 Å². The fraction of sp³-hybridized carbons (Fsp3) is 0.917. The van der Waals surface area contributed by atoms with Crippen LogP contribution in [0.25, 0.3) is 0 Å². The maximum atomic E-state index is 12.1. The topological polar surface area (TPSA) is 32.3 Å². The van der Waals surface area contributed by atoms with Gasteiger partial charge < -0.3 is 4.90 Å². The molecule has 1 heterocycles. The van der Waals surface area contributed by atoms with E-state index >= 15 is 0 Å². The summed E-state index contributed by atoms with van der Waals surface area (Å²) in [6, 6.07) is 0.0757. The van der Waals surface area contributed by atoms with Crippen molar-refractivity contribution in [1.82, 2.24) is 10.2 Å². The smallest absolute Gasteiger partial charge is 0.241 e. The Labute approximate surface area is 103 Å². The molecule has 3 nitrogen and oxygen atoms in total. The fourth-order valence-corrected chi connectivity index (χ4v) is 2.54. The number of unbranched alkanes of at least 4 members (excludes halogenated alkanes) is 1. The van der Waals surface area contributed by atoms with Crippen LogP contribution in [-0.2, 0) is 4.79 Å². The largest absolute Gasteiger partial charge is 0.325 e. The first-order valence-electron chi connectivity index (χ1n) is 6.30. The Hall–Kier alpha value is -0.220. The Morgan fingerprint density at radius 1 is 1.44 bits per heavy atom. The average molecular weight is 244 g/mol. The summed E-state index contributed by atoms with van der Waals surface area (Å²) in [4.78, 5) is 14.2. The van der Waals surface area contributed by atoms with Crippen molar-refractivity contribution >= 4 is 17.7 Å². The Morgan fingerprint density at radius 2 is 2.19 bits per heavy atom. The Bertz CT molecular complexity index is 223. The highest BCUT2D eigenvalue weighted by Gasteiger charge is 2.36. The van der Waals surface area contributed by atoms with Gasteiger partial charge in [0.25, 0.3) is 0 Å². The van der Waals surface area contributed by atoms with Crippen molar-refractivity contribution in [3.8, 4) is 0 Å². The molecule has 0 aromatic carbocycles. The van der Waals surface area contributed by atoms with E-state index in [0.717, 1.165) is 38.0 Å². The zero-order chi connectivity index (χ0) is 12.0. The lowest BCUT2D eigenvalue weighted by atomic mass is 10.1. The standard InChI is InChI=1S/C12H24N2OS/c1-4-6-7-10-12(15)14(8-9-16-3)11(5-2)13-10/h10-11,13H,4-9H2,1-3H3. The van der Waals surface area contributed by atoms with Gasteiger partial charge in [-0.3, -0.25) is 10.1 Å². The van der Waals surface area contributed by atoms with E-state index in [1.807, 2.05) is 4.90 Å². The van der Waals surface area contributed by atoms with Crippen molar-refractivity contribution in [3.05, 3.63) is 0 Å². The van der Waals surface area contributed by atoms with E-state index in [0.29, 0.717) is 5.91 Å².